The summed E-state index contributed by atoms with van der Waals surface area (Å²) < 4.78 is 13.2. The first-order valence-corrected chi connectivity index (χ1v) is 6.40. The molecule has 0 unspecified atom stereocenters. The minimum absolute atomic E-state index is 0.103. The van der Waals surface area contributed by atoms with Gasteiger partial charge in [-0.1, -0.05) is 12.1 Å². The molecule has 1 N–H and O–H groups in total. The molecule has 1 aromatic carbocycles. The summed E-state index contributed by atoms with van der Waals surface area (Å²) in [5, 5.41) is 8.88. The maximum atomic E-state index is 13.2. The Morgan fingerprint density at radius 1 is 1.42 bits per heavy atom. The molecule has 1 rings (SSSR count). The molecule has 0 heterocycles. The molecular weight excluding hydrogens is 245 g/mol. The van der Waals surface area contributed by atoms with E-state index in [0.717, 1.165) is 18.5 Å². The topological polar surface area (TPSA) is 40.5 Å². The van der Waals surface area contributed by atoms with Crippen LogP contribution in [-0.2, 0) is 11.2 Å². The van der Waals surface area contributed by atoms with Gasteiger partial charge in [0.25, 0.3) is 0 Å². The van der Waals surface area contributed by atoms with Crippen molar-refractivity contribution in [2.45, 2.75) is 39.2 Å². The zero-order valence-corrected chi connectivity index (χ0v) is 12.0. The predicted molar refractivity (Wildman–Crippen MR) is 73.8 cm³/mol. The lowest BCUT2D eigenvalue weighted by Gasteiger charge is -2.34. The molecule has 0 amide bonds. The highest BCUT2D eigenvalue weighted by Crippen LogP contribution is 2.18. The van der Waals surface area contributed by atoms with E-state index in [1.807, 2.05) is 31.9 Å². The van der Waals surface area contributed by atoms with Crippen LogP contribution in [0.4, 0.5) is 4.39 Å². The van der Waals surface area contributed by atoms with Gasteiger partial charge in [0.1, 0.15) is 5.82 Å². The Bertz CT molecular complexity index is 457. The maximum absolute atomic E-state index is 13.2. The Hall–Kier alpha value is -1.42. The minimum Gasteiger partial charge on any atom is -0.481 e. The number of carboxylic acid groups (broad SMARTS) is 1. The Labute approximate surface area is 114 Å². The van der Waals surface area contributed by atoms with Crippen LogP contribution in [0.5, 0.6) is 0 Å². The van der Waals surface area contributed by atoms with Gasteiger partial charge in [-0.05, 0) is 51.4 Å². The quantitative estimate of drug-likeness (QED) is 0.861. The SMILES string of the molecule is Cc1cc(CCN(C)C(C)(C)CC(=O)O)ccc1F. The van der Waals surface area contributed by atoms with E-state index < -0.39 is 5.97 Å². The number of carbonyl (C=O) groups is 1. The summed E-state index contributed by atoms with van der Waals surface area (Å²) in [5.41, 5.74) is 1.32. The van der Waals surface area contributed by atoms with Crippen molar-refractivity contribution in [1.82, 2.24) is 4.90 Å². The van der Waals surface area contributed by atoms with Gasteiger partial charge < -0.3 is 10.0 Å². The van der Waals surface area contributed by atoms with Crippen molar-refractivity contribution in [3.05, 3.63) is 35.1 Å². The van der Waals surface area contributed by atoms with Crippen molar-refractivity contribution in [3.8, 4) is 0 Å². The molecule has 19 heavy (non-hydrogen) atoms. The molecule has 0 saturated carbocycles. The van der Waals surface area contributed by atoms with E-state index in [2.05, 4.69) is 0 Å². The van der Waals surface area contributed by atoms with E-state index in [9.17, 15) is 9.18 Å². The summed E-state index contributed by atoms with van der Waals surface area (Å²) in [6.45, 7) is 6.32. The number of carboxylic acids is 1. The molecule has 0 bridgehead atoms. The molecule has 0 radical (unpaired) electrons. The zero-order chi connectivity index (χ0) is 14.6. The highest BCUT2D eigenvalue weighted by atomic mass is 19.1. The summed E-state index contributed by atoms with van der Waals surface area (Å²) in [4.78, 5) is 12.8. The number of aliphatic carboxylic acids is 1. The fraction of sp³-hybridized carbons (Fsp3) is 0.533. The lowest BCUT2D eigenvalue weighted by Crippen LogP contribution is -2.43. The van der Waals surface area contributed by atoms with E-state index in [0.29, 0.717) is 5.56 Å². The molecular formula is C15H22FNO2. The van der Waals surface area contributed by atoms with Gasteiger partial charge in [0.05, 0.1) is 6.42 Å². The van der Waals surface area contributed by atoms with E-state index in [4.69, 9.17) is 5.11 Å². The van der Waals surface area contributed by atoms with Crippen LogP contribution in [0.1, 0.15) is 31.4 Å². The van der Waals surface area contributed by atoms with E-state index in [-0.39, 0.29) is 17.8 Å². The number of hydrogen-bond acceptors (Lipinski definition) is 2. The molecule has 0 aliphatic rings. The third-order valence-electron chi connectivity index (χ3n) is 3.58. The molecule has 0 fully saturated rings. The summed E-state index contributed by atoms with van der Waals surface area (Å²) in [7, 11) is 1.92. The van der Waals surface area contributed by atoms with Gasteiger partial charge in [-0.2, -0.15) is 0 Å². The first-order valence-electron chi connectivity index (χ1n) is 6.40. The summed E-state index contributed by atoms with van der Waals surface area (Å²) in [5.74, 6) is -0.988. The second-order valence-corrected chi connectivity index (χ2v) is 5.64. The third kappa shape index (κ3) is 4.63. The van der Waals surface area contributed by atoms with Gasteiger partial charge in [-0.3, -0.25) is 4.79 Å². The number of benzene rings is 1. The minimum atomic E-state index is -0.797. The number of aryl methyl sites for hydroxylation is 1. The highest BCUT2D eigenvalue weighted by Gasteiger charge is 2.26. The van der Waals surface area contributed by atoms with Crippen LogP contribution >= 0.6 is 0 Å². The number of halogens is 1. The normalized spacial score (nSPS) is 11.9. The van der Waals surface area contributed by atoms with Crippen molar-refractivity contribution >= 4 is 5.97 Å². The second-order valence-electron chi connectivity index (χ2n) is 5.64. The number of hydrogen-bond donors (Lipinski definition) is 1. The van der Waals surface area contributed by atoms with Crippen LogP contribution in [0.2, 0.25) is 0 Å². The van der Waals surface area contributed by atoms with Gasteiger partial charge in [0.2, 0.25) is 0 Å². The number of likely N-dealkylation sites (N-methyl/N-ethyl adjacent to an activating group) is 1. The number of rotatable bonds is 6. The van der Waals surface area contributed by atoms with Crippen LogP contribution in [0.25, 0.3) is 0 Å². The van der Waals surface area contributed by atoms with Crippen molar-refractivity contribution in [1.29, 1.82) is 0 Å². The average molecular weight is 267 g/mol. The zero-order valence-electron chi connectivity index (χ0n) is 12.0. The van der Waals surface area contributed by atoms with Gasteiger partial charge in [0.15, 0.2) is 0 Å². The van der Waals surface area contributed by atoms with Gasteiger partial charge in [-0.15, -0.1) is 0 Å². The van der Waals surface area contributed by atoms with Crippen LogP contribution in [0.15, 0.2) is 18.2 Å². The monoisotopic (exact) mass is 267 g/mol. The largest absolute Gasteiger partial charge is 0.481 e. The predicted octanol–water partition coefficient (Wildman–Crippen LogP) is 2.86. The third-order valence-corrected chi connectivity index (χ3v) is 3.58. The molecule has 106 valence electrons. The molecule has 3 nitrogen and oxygen atoms in total. The molecule has 4 heteroatoms. The van der Waals surface area contributed by atoms with Crippen LogP contribution in [-0.4, -0.2) is 35.1 Å². The van der Waals surface area contributed by atoms with Crippen LogP contribution in [0.3, 0.4) is 0 Å². The van der Waals surface area contributed by atoms with Crippen molar-refractivity contribution in [2.24, 2.45) is 0 Å². The fourth-order valence-corrected chi connectivity index (χ4v) is 1.97. The molecule has 0 spiro atoms. The highest BCUT2D eigenvalue weighted by molar-refractivity contribution is 5.68. The first kappa shape index (κ1) is 15.6. The van der Waals surface area contributed by atoms with Gasteiger partial charge >= 0.3 is 5.97 Å². The lowest BCUT2D eigenvalue weighted by atomic mass is 9.98. The van der Waals surface area contributed by atoms with Crippen molar-refractivity contribution < 1.29 is 14.3 Å². The van der Waals surface area contributed by atoms with Crippen LogP contribution < -0.4 is 0 Å². The van der Waals surface area contributed by atoms with Crippen molar-refractivity contribution in [3.63, 3.8) is 0 Å². The Morgan fingerprint density at radius 3 is 2.58 bits per heavy atom. The Balaban J connectivity index is 2.60. The Kier molecular flexibility index (Phi) is 5.06. The van der Waals surface area contributed by atoms with E-state index in [1.165, 1.54) is 6.07 Å². The summed E-state index contributed by atoms with van der Waals surface area (Å²) >= 11 is 0. The standard InChI is InChI=1S/C15H22FNO2/c1-11-9-12(5-6-13(11)16)7-8-17(4)15(2,3)10-14(18)19/h5-6,9H,7-8,10H2,1-4H3,(H,18,19). The molecule has 0 aliphatic heterocycles. The molecule has 0 aromatic heterocycles. The smallest absolute Gasteiger partial charge is 0.305 e. The van der Waals surface area contributed by atoms with Gasteiger partial charge in [-0.25, -0.2) is 4.39 Å². The van der Waals surface area contributed by atoms with E-state index in [1.54, 1.807) is 13.0 Å². The Morgan fingerprint density at radius 2 is 2.05 bits per heavy atom. The van der Waals surface area contributed by atoms with Gasteiger partial charge in [0, 0.05) is 12.1 Å². The molecule has 1 aromatic rings. The molecule has 0 aliphatic carbocycles. The molecule has 0 saturated heterocycles. The maximum Gasteiger partial charge on any atom is 0.305 e. The first-order chi connectivity index (χ1) is 8.72. The second kappa shape index (κ2) is 6.15. The summed E-state index contributed by atoms with van der Waals surface area (Å²) in [6, 6.07) is 5.10. The fourth-order valence-electron chi connectivity index (χ4n) is 1.97. The van der Waals surface area contributed by atoms with E-state index >= 15 is 0 Å². The summed E-state index contributed by atoms with van der Waals surface area (Å²) in [6.07, 6.45) is 0.882. The molecule has 0 atom stereocenters. The van der Waals surface area contributed by atoms with Crippen LogP contribution in [0, 0.1) is 12.7 Å². The lowest BCUT2D eigenvalue weighted by molar-refractivity contribution is -0.139. The van der Waals surface area contributed by atoms with Crippen molar-refractivity contribution in [2.75, 3.05) is 13.6 Å². The number of nitrogens with zero attached hydrogens (tertiary/aromatic N) is 1. The average Bonchev–Trinajstić information content (AvgIpc) is 2.28.